The molecule has 0 aliphatic heterocycles. The topological polar surface area (TPSA) is 57.9 Å². The number of carbonyl (C=O) groups excluding carboxylic acids is 1. The summed E-state index contributed by atoms with van der Waals surface area (Å²) in [5.41, 5.74) is -1.56. The van der Waals surface area contributed by atoms with E-state index in [1.807, 2.05) is 0 Å². The van der Waals surface area contributed by atoms with Crippen molar-refractivity contribution >= 4 is 5.97 Å². The van der Waals surface area contributed by atoms with E-state index in [4.69, 9.17) is 0 Å². The van der Waals surface area contributed by atoms with Crippen molar-refractivity contribution < 1.29 is 23.1 Å². The molecule has 0 bridgehead atoms. The molecule has 0 saturated heterocycles. The molecule has 18 heavy (non-hydrogen) atoms. The molecule has 0 amide bonds. The number of hydrogen-bond donors (Lipinski definition) is 0. The van der Waals surface area contributed by atoms with Gasteiger partial charge in [0.2, 0.25) is 0 Å². The smallest absolute Gasteiger partial charge is 0.433 e. The molecule has 0 radical (unpaired) electrons. The predicted molar refractivity (Wildman–Crippen MR) is 52.9 cm³/mol. The van der Waals surface area contributed by atoms with Crippen molar-refractivity contribution in [2.75, 3.05) is 0 Å². The van der Waals surface area contributed by atoms with Gasteiger partial charge in [-0.15, -0.1) is 0 Å². The van der Waals surface area contributed by atoms with Crippen LogP contribution in [0, 0.1) is 0 Å². The Morgan fingerprint density at radius 2 is 1.83 bits per heavy atom. The SMILES string of the molecule is O=C([O-])c1ccc(C(F)(F)F)nc1-n1cccc1. The summed E-state index contributed by atoms with van der Waals surface area (Å²) in [7, 11) is 0. The molecule has 7 heteroatoms. The van der Waals surface area contributed by atoms with Crippen LogP contribution < -0.4 is 5.11 Å². The van der Waals surface area contributed by atoms with Crippen LogP contribution in [0.1, 0.15) is 16.1 Å². The van der Waals surface area contributed by atoms with Crippen LogP contribution in [0.4, 0.5) is 13.2 Å². The number of nitrogens with zero attached hydrogens (tertiary/aromatic N) is 2. The molecule has 0 unspecified atom stereocenters. The normalized spacial score (nSPS) is 11.5. The molecule has 2 aromatic rings. The van der Waals surface area contributed by atoms with E-state index in [0.717, 1.165) is 6.07 Å². The van der Waals surface area contributed by atoms with Crippen LogP contribution >= 0.6 is 0 Å². The van der Waals surface area contributed by atoms with Crippen LogP contribution in [0.5, 0.6) is 0 Å². The first-order chi connectivity index (χ1) is 8.39. The molecule has 0 aliphatic rings. The van der Waals surface area contributed by atoms with Gasteiger partial charge in [-0.25, -0.2) is 4.98 Å². The second-order valence-electron chi connectivity index (χ2n) is 3.44. The van der Waals surface area contributed by atoms with Crippen LogP contribution in [-0.2, 0) is 6.18 Å². The lowest BCUT2D eigenvalue weighted by Gasteiger charge is -2.13. The standard InChI is InChI=1S/C11H7F3N2O2/c12-11(13,14)8-4-3-7(10(17)18)9(15-8)16-5-1-2-6-16/h1-6H,(H,17,18)/p-1. The maximum Gasteiger partial charge on any atom is 0.433 e. The van der Waals surface area contributed by atoms with Crippen LogP contribution in [0.3, 0.4) is 0 Å². The second kappa shape index (κ2) is 4.17. The molecular formula is C11H6F3N2O2-. The van der Waals surface area contributed by atoms with Gasteiger partial charge in [-0.2, -0.15) is 13.2 Å². The van der Waals surface area contributed by atoms with Crippen molar-refractivity contribution in [3.05, 3.63) is 47.9 Å². The monoisotopic (exact) mass is 255 g/mol. The number of carboxylic acids is 1. The van der Waals surface area contributed by atoms with Crippen molar-refractivity contribution in [2.24, 2.45) is 0 Å². The van der Waals surface area contributed by atoms with Gasteiger partial charge in [-0.1, -0.05) is 0 Å². The third-order valence-electron chi connectivity index (χ3n) is 2.23. The zero-order valence-corrected chi connectivity index (χ0v) is 8.81. The Morgan fingerprint density at radius 3 is 2.33 bits per heavy atom. The highest BCUT2D eigenvalue weighted by molar-refractivity contribution is 5.89. The van der Waals surface area contributed by atoms with E-state index < -0.39 is 23.4 Å². The summed E-state index contributed by atoms with van der Waals surface area (Å²) in [6.07, 6.45) is -1.84. The molecule has 94 valence electrons. The van der Waals surface area contributed by atoms with Crippen LogP contribution in [-0.4, -0.2) is 15.5 Å². The Balaban J connectivity index is 2.63. The molecule has 0 aliphatic carbocycles. The number of carbonyl (C=O) groups is 1. The largest absolute Gasteiger partial charge is 0.545 e. The number of pyridine rings is 1. The lowest BCUT2D eigenvalue weighted by molar-refractivity contribution is -0.255. The lowest BCUT2D eigenvalue weighted by atomic mass is 10.2. The zero-order chi connectivity index (χ0) is 13.3. The molecule has 0 atom stereocenters. The van der Waals surface area contributed by atoms with Gasteiger partial charge in [0, 0.05) is 18.0 Å². The minimum Gasteiger partial charge on any atom is -0.545 e. The number of aromatic nitrogens is 2. The minimum absolute atomic E-state index is 0.324. The summed E-state index contributed by atoms with van der Waals surface area (Å²) in [6.45, 7) is 0. The number of aromatic carboxylic acids is 1. The van der Waals surface area contributed by atoms with Gasteiger partial charge >= 0.3 is 6.18 Å². The molecule has 4 nitrogen and oxygen atoms in total. The molecule has 2 aromatic heterocycles. The lowest BCUT2D eigenvalue weighted by Crippen LogP contribution is -2.25. The molecular weight excluding hydrogens is 249 g/mol. The molecule has 0 fully saturated rings. The summed E-state index contributed by atoms with van der Waals surface area (Å²) >= 11 is 0. The molecule has 2 heterocycles. The number of hydrogen-bond acceptors (Lipinski definition) is 3. The Morgan fingerprint density at radius 1 is 1.22 bits per heavy atom. The Kier molecular flexibility index (Phi) is 2.82. The number of halogens is 3. The first-order valence-electron chi connectivity index (χ1n) is 4.82. The summed E-state index contributed by atoms with van der Waals surface area (Å²) in [4.78, 5) is 14.2. The van der Waals surface area contributed by atoms with Gasteiger partial charge in [-0.3, -0.25) is 0 Å². The quantitative estimate of drug-likeness (QED) is 0.811. The molecule has 0 saturated carbocycles. The first-order valence-corrected chi connectivity index (χ1v) is 4.82. The van der Waals surface area contributed by atoms with E-state index in [2.05, 4.69) is 4.98 Å². The molecule has 0 aromatic carbocycles. The van der Waals surface area contributed by atoms with E-state index in [1.165, 1.54) is 17.0 Å². The highest BCUT2D eigenvalue weighted by atomic mass is 19.4. The predicted octanol–water partition coefficient (Wildman–Crippen LogP) is 1.25. The summed E-state index contributed by atoms with van der Waals surface area (Å²) in [5, 5.41) is 10.8. The van der Waals surface area contributed by atoms with Gasteiger partial charge in [0.15, 0.2) is 0 Å². The Bertz CT molecular complexity index is 576. The third kappa shape index (κ3) is 2.20. The third-order valence-corrected chi connectivity index (χ3v) is 2.23. The maximum absolute atomic E-state index is 12.5. The number of carboxylic acid groups (broad SMARTS) is 1. The van der Waals surface area contributed by atoms with Crippen molar-refractivity contribution in [2.45, 2.75) is 6.18 Å². The van der Waals surface area contributed by atoms with Crippen LogP contribution in [0.15, 0.2) is 36.7 Å². The van der Waals surface area contributed by atoms with Crippen LogP contribution in [0.2, 0.25) is 0 Å². The minimum atomic E-state index is -4.63. The van der Waals surface area contributed by atoms with E-state index in [-0.39, 0.29) is 5.82 Å². The van der Waals surface area contributed by atoms with Crippen molar-refractivity contribution in [3.8, 4) is 5.82 Å². The average molecular weight is 255 g/mol. The highest BCUT2D eigenvalue weighted by Gasteiger charge is 2.33. The summed E-state index contributed by atoms with van der Waals surface area (Å²) in [5.74, 6) is -1.91. The second-order valence-corrected chi connectivity index (χ2v) is 3.44. The van der Waals surface area contributed by atoms with Crippen molar-refractivity contribution in [3.63, 3.8) is 0 Å². The molecule has 0 N–H and O–H groups in total. The van der Waals surface area contributed by atoms with Crippen molar-refractivity contribution in [1.29, 1.82) is 0 Å². The average Bonchev–Trinajstić information content (AvgIpc) is 2.80. The molecule has 0 spiro atoms. The Labute approximate surface area is 99.3 Å². The Hall–Kier alpha value is -2.31. The van der Waals surface area contributed by atoms with Gasteiger partial charge < -0.3 is 14.5 Å². The van der Waals surface area contributed by atoms with E-state index in [9.17, 15) is 23.1 Å². The van der Waals surface area contributed by atoms with Gasteiger partial charge in [0.1, 0.15) is 11.5 Å². The van der Waals surface area contributed by atoms with Gasteiger partial charge in [0.25, 0.3) is 0 Å². The van der Waals surface area contributed by atoms with E-state index in [1.54, 1.807) is 12.1 Å². The highest BCUT2D eigenvalue weighted by Crippen LogP contribution is 2.29. The zero-order valence-electron chi connectivity index (χ0n) is 8.81. The number of rotatable bonds is 2. The van der Waals surface area contributed by atoms with E-state index >= 15 is 0 Å². The fourth-order valence-corrected chi connectivity index (χ4v) is 1.44. The van der Waals surface area contributed by atoms with Gasteiger partial charge in [-0.05, 0) is 24.3 Å². The van der Waals surface area contributed by atoms with Gasteiger partial charge in [0.05, 0.1) is 5.97 Å². The number of alkyl halides is 3. The van der Waals surface area contributed by atoms with E-state index in [0.29, 0.717) is 6.07 Å². The van der Waals surface area contributed by atoms with Crippen LogP contribution in [0.25, 0.3) is 5.82 Å². The summed E-state index contributed by atoms with van der Waals surface area (Å²) < 4.78 is 38.7. The maximum atomic E-state index is 12.5. The molecule has 2 rings (SSSR count). The summed E-state index contributed by atoms with van der Waals surface area (Å²) in [6, 6.07) is 4.53. The first kappa shape index (κ1) is 12.2. The fourth-order valence-electron chi connectivity index (χ4n) is 1.44. The van der Waals surface area contributed by atoms with Crippen molar-refractivity contribution in [1.82, 2.24) is 9.55 Å². The fraction of sp³-hybridized carbons (Fsp3) is 0.0909.